The van der Waals surface area contributed by atoms with Crippen LogP contribution in [0.15, 0.2) is 0 Å². The van der Waals surface area contributed by atoms with E-state index in [4.69, 9.17) is 0 Å². The van der Waals surface area contributed by atoms with Crippen molar-refractivity contribution >= 4 is 0 Å². The quantitative estimate of drug-likeness (QED) is 0.590. The van der Waals surface area contributed by atoms with E-state index in [1.165, 1.54) is 25.7 Å². The van der Waals surface area contributed by atoms with Gasteiger partial charge in [-0.3, -0.25) is 0 Å². The molecule has 0 saturated heterocycles. The summed E-state index contributed by atoms with van der Waals surface area (Å²) in [6.07, 6.45) is 5.74. The predicted molar refractivity (Wildman–Crippen MR) is 38.4 cm³/mol. The molecule has 1 nitrogen and oxygen atoms in total. The summed E-state index contributed by atoms with van der Waals surface area (Å²) in [7, 11) is 2.11. The molecule has 52 valence electrons. The zero-order valence-corrected chi connectivity index (χ0v) is 6.33. The molecule has 0 bridgehead atoms. The van der Waals surface area contributed by atoms with Gasteiger partial charge in [-0.05, 0) is 38.1 Å². The molecule has 2 aliphatic carbocycles. The average Bonchev–Trinajstić information content (AvgIpc) is 2.61. The lowest BCUT2D eigenvalue weighted by molar-refractivity contribution is 0.357. The van der Waals surface area contributed by atoms with E-state index in [-0.39, 0.29) is 0 Å². The Labute approximate surface area is 56.8 Å². The third kappa shape index (κ3) is 0.586. The van der Waals surface area contributed by atoms with Gasteiger partial charge in [-0.1, -0.05) is 6.92 Å². The minimum absolute atomic E-state index is 0.590. The molecule has 0 heterocycles. The van der Waals surface area contributed by atoms with Crippen molar-refractivity contribution in [2.24, 2.45) is 5.41 Å². The van der Waals surface area contributed by atoms with E-state index in [0.29, 0.717) is 11.0 Å². The molecule has 0 aromatic heterocycles. The second-order valence-corrected chi connectivity index (χ2v) is 3.89. The number of hydrogen-bond donors (Lipinski definition) is 1. The average molecular weight is 125 g/mol. The van der Waals surface area contributed by atoms with Crippen LogP contribution in [0.3, 0.4) is 0 Å². The van der Waals surface area contributed by atoms with Crippen molar-refractivity contribution < 1.29 is 0 Å². The van der Waals surface area contributed by atoms with E-state index >= 15 is 0 Å². The number of nitrogens with one attached hydrogen (secondary N) is 1. The SMILES string of the molecule is CNC1(C2(C)CC2)CC1. The summed E-state index contributed by atoms with van der Waals surface area (Å²) in [5, 5.41) is 3.45. The van der Waals surface area contributed by atoms with Gasteiger partial charge in [-0.25, -0.2) is 0 Å². The Morgan fingerprint density at radius 1 is 1.11 bits per heavy atom. The van der Waals surface area contributed by atoms with Gasteiger partial charge in [0.1, 0.15) is 0 Å². The van der Waals surface area contributed by atoms with Crippen molar-refractivity contribution in [2.45, 2.75) is 38.1 Å². The van der Waals surface area contributed by atoms with Crippen LogP contribution in [0.4, 0.5) is 0 Å². The Hall–Kier alpha value is -0.0400. The lowest BCUT2D eigenvalue weighted by Gasteiger charge is -2.21. The van der Waals surface area contributed by atoms with Crippen LogP contribution in [0.1, 0.15) is 32.6 Å². The zero-order chi connectivity index (χ0) is 6.54. The Bertz CT molecular complexity index is 132. The lowest BCUT2D eigenvalue weighted by atomic mass is 9.97. The van der Waals surface area contributed by atoms with Crippen molar-refractivity contribution in [3.05, 3.63) is 0 Å². The van der Waals surface area contributed by atoms with Gasteiger partial charge in [0.25, 0.3) is 0 Å². The van der Waals surface area contributed by atoms with Crippen LogP contribution >= 0.6 is 0 Å². The molecule has 0 aromatic rings. The summed E-state index contributed by atoms with van der Waals surface area (Å²) >= 11 is 0. The maximum Gasteiger partial charge on any atom is 0.0233 e. The van der Waals surface area contributed by atoms with Crippen molar-refractivity contribution in [3.8, 4) is 0 Å². The minimum Gasteiger partial charge on any atom is -0.314 e. The van der Waals surface area contributed by atoms with Gasteiger partial charge in [-0.15, -0.1) is 0 Å². The van der Waals surface area contributed by atoms with Crippen LogP contribution in [0.2, 0.25) is 0 Å². The molecule has 0 atom stereocenters. The molecule has 0 radical (unpaired) electrons. The van der Waals surface area contributed by atoms with Gasteiger partial charge in [0, 0.05) is 5.54 Å². The van der Waals surface area contributed by atoms with Crippen molar-refractivity contribution in [3.63, 3.8) is 0 Å². The van der Waals surface area contributed by atoms with Crippen LogP contribution < -0.4 is 5.32 Å². The Morgan fingerprint density at radius 2 is 1.67 bits per heavy atom. The largest absolute Gasteiger partial charge is 0.314 e. The first kappa shape index (κ1) is 5.72. The maximum absolute atomic E-state index is 3.45. The monoisotopic (exact) mass is 125 g/mol. The van der Waals surface area contributed by atoms with E-state index in [1.807, 2.05) is 0 Å². The van der Waals surface area contributed by atoms with Crippen molar-refractivity contribution in [1.29, 1.82) is 0 Å². The minimum atomic E-state index is 0.590. The van der Waals surface area contributed by atoms with Gasteiger partial charge in [0.05, 0.1) is 0 Å². The standard InChI is InChI=1S/C8H15N/c1-7(3-4-7)8(9-2)5-6-8/h9H,3-6H2,1-2H3. The van der Waals surface area contributed by atoms with Crippen LogP contribution in [0.25, 0.3) is 0 Å². The van der Waals surface area contributed by atoms with E-state index in [0.717, 1.165) is 0 Å². The number of rotatable bonds is 2. The van der Waals surface area contributed by atoms with Crippen LogP contribution in [-0.4, -0.2) is 12.6 Å². The summed E-state index contributed by atoms with van der Waals surface area (Å²) in [5.74, 6) is 0. The first-order valence-corrected chi connectivity index (χ1v) is 3.91. The summed E-state index contributed by atoms with van der Waals surface area (Å²) in [6.45, 7) is 2.41. The molecule has 2 fully saturated rings. The highest BCUT2D eigenvalue weighted by Gasteiger charge is 2.61. The molecule has 0 aromatic carbocycles. The summed E-state index contributed by atoms with van der Waals surface area (Å²) in [5.41, 5.74) is 1.29. The topological polar surface area (TPSA) is 12.0 Å². The van der Waals surface area contributed by atoms with Crippen LogP contribution in [0, 0.1) is 5.41 Å². The van der Waals surface area contributed by atoms with Crippen LogP contribution in [0.5, 0.6) is 0 Å². The van der Waals surface area contributed by atoms with Gasteiger partial charge < -0.3 is 5.32 Å². The third-order valence-electron chi connectivity index (χ3n) is 3.38. The summed E-state index contributed by atoms with van der Waals surface area (Å²) in [6, 6.07) is 0. The highest BCUT2D eigenvalue weighted by molar-refractivity contribution is 5.18. The molecule has 0 amide bonds. The molecule has 0 spiro atoms. The molecular formula is C8H15N. The Kier molecular flexibility index (Phi) is 0.852. The molecule has 1 heteroatoms. The molecule has 1 N–H and O–H groups in total. The first-order chi connectivity index (χ1) is 4.22. The molecular weight excluding hydrogens is 110 g/mol. The fourth-order valence-electron chi connectivity index (χ4n) is 1.95. The first-order valence-electron chi connectivity index (χ1n) is 3.91. The Balaban J connectivity index is 2.11. The van der Waals surface area contributed by atoms with Crippen LogP contribution in [-0.2, 0) is 0 Å². The number of hydrogen-bond acceptors (Lipinski definition) is 1. The van der Waals surface area contributed by atoms with E-state index in [9.17, 15) is 0 Å². The lowest BCUT2D eigenvalue weighted by Crippen LogP contribution is -2.35. The van der Waals surface area contributed by atoms with Gasteiger partial charge in [0.15, 0.2) is 0 Å². The summed E-state index contributed by atoms with van der Waals surface area (Å²) < 4.78 is 0. The second-order valence-electron chi connectivity index (χ2n) is 3.89. The van der Waals surface area contributed by atoms with Crippen molar-refractivity contribution in [2.75, 3.05) is 7.05 Å². The van der Waals surface area contributed by atoms with E-state index in [1.54, 1.807) is 0 Å². The predicted octanol–water partition coefficient (Wildman–Crippen LogP) is 1.54. The highest BCUT2D eigenvalue weighted by Crippen LogP contribution is 2.63. The molecule has 0 unspecified atom stereocenters. The fourth-order valence-corrected chi connectivity index (χ4v) is 1.95. The fraction of sp³-hybridized carbons (Fsp3) is 1.00. The molecule has 2 aliphatic rings. The molecule has 0 aliphatic heterocycles. The molecule has 2 rings (SSSR count). The van der Waals surface area contributed by atoms with Gasteiger partial charge >= 0.3 is 0 Å². The van der Waals surface area contributed by atoms with Crippen molar-refractivity contribution in [1.82, 2.24) is 5.32 Å². The van der Waals surface area contributed by atoms with E-state index < -0.39 is 0 Å². The van der Waals surface area contributed by atoms with Gasteiger partial charge in [0.2, 0.25) is 0 Å². The maximum atomic E-state index is 3.45. The zero-order valence-electron chi connectivity index (χ0n) is 6.33. The molecule has 9 heavy (non-hydrogen) atoms. The molecule has 2 saturated carbocycles. The Morgan fingerprint density at radius 3 is 1.78 bits per heavy atom. The smallest absolute Gasteiger partial charge is 0.0233 e. The van der Waals surface area contributed by atoms with E-state index in [2.05, 4.69) is 19.3 Å². The normalized spacial score (nSPS) is 34.0. The highest BCUT2D eigenvalue weighted by atomic mass is 15.0. The van der Waals surface area contributed by atoms with Gasteiger partial charge in [-0.2, -0.15) is 0 Å². The second kappa shape index (κ2) is 1.34. The summed E-state index contributed by atoms with van der Waals surface area (Å²) in [4.78, 5) is 0. The third-order valence-corrected chi connectivity index (χ3v) is 3.38.